The molecule has 18 heavy (non-hydrogen) atoms. The number of halogens is 1. The molecule has 2 nitrogen and oxygen atoms in total. The molecule has 2 N–H and O–H groups in total. The largest absolute Gasteiger partial charge is 0.490 e. The van der Waals surface area contributed by atoms with Gasteiger partial charge in [-0.2, -0.15) is 0 Å². The van der Waals surface area contributed by atoms with Crippen LogP contribution < -0.4 is 10.5 Å². The number of rotatable bonds is 3. The lowest BCUT2D eigenvalue weighted by Gasteiger charge is -2.07. The van der Waals surface area contributed by atoms with Gasteiger partial charge in [0.05, 0.1) is 11.8 Å². The number of hydrogen-bond donors (Lipinski definition) is 1. The topological polar surface area (TPSA) is 35.2 Å². The molecule has 1 aliphatic rings. The quantitative estimate of drug-likeness (QED) is 0.836. The number of nitrogens with two attached hydrogens (primary N) is 1. The van der Waals surface area contributed by atoms with Crippen molar-refractivity contribution >= 4 is 5.69 Å². The Morgan fingerprint density at radius 1 is 1.00 bits per heavy atom. The standard InChI is InChI=1S/C15H14FNO/c16-14-9-11(3-8-15(14)17)10-1-4-12(5-2-10)18-13-6-7-13/h1-5,8-9,13H,6-7,17H2. The minimum Gasteiger partial charge on any atom is -0.490 e. The second kappa shape index (κ2) is 4.33. The van der Waals surface area contributed by atoms with Gasteiger partial charge in [0, 0.05) is 0 Å². The van der Waals surface area contributed by atoms with E-state index in [0.717, 1.165) is 29.7 Å². The van der Waals surface area contributed by atoms with Crippen molar-refractivity contribution < 1.29 is 9.13 Å². The molecule has 1 fully saturated rings. The van der Waals surface area contributed by atoms with E-state index in [1.54, 1.807) is 6.07 Å². The summed E-state index contributed by atoms with van der Waals surface area (Å²) in [5.74, 6) is 0.489. The van der Waals surface area contributed by atoms with Crippen LogP contribution in [0.1, 0.15) is 12.8 Å². The molecule has 1 aliphatic carbocycles. The van der Waals surface area contributed by atoms with Gasteiger partial charge in [0.1, 0.15) is 11.6 Å². The van der Waals surface area contributed by atoms with E-state index in [1.165, 1.54) is 6.07 Å². The van der Waals surface area contributed by atoms with Crippen molar-refractivity contribution in [2.24, 2.45) is 0 Å². The number of benzene rings is 2. The van der Waals surface area contributed by atoms with E-state index < -0.39 is 0 Å². The smallest absolute Gasteiger partial charge is 0.146 e. The maximum Gasteiger partial charge on any atom is 0.146 e. The molecule has 2 aromatic rings. The molecule has 0 aliphatic heterocycles. The van der Waals surface area contributed by atoms with Crippen LogP contribution in [0.4, 0.5) is 10.1 Å². The summed E-state index contributed by atoms with van der Waals surface area (Å²) < 4.78 is 19.0. The molecule has 0 bridgehead atoms. The van der Waals surface area contributed by atoms with Crippen LogP contribution in [-0.2, 0) is 0 Å². The van der Waals surface area contributed by atoms with E-state index in [2.05, 4.69) is 0 Å². The Morgan fingerprint density at radius 3 is 2.28 bits per heavy atom. The summed E-state index contributed by atoms with van der Waals surface area (Å²) in [5, 5.41) is 0. The van der Waals surface area contributed by atoms with Gasteiger partial charge in [-0.25, -0.2) is 4.39 Å². The van der Waals surface area contributed by atoms with Gasteiger partial charge in [0.25, 0.3) is 0 Å². The van der Waals surface area contributed by atoms with Crippen molar-refractivity contribution in [3.63, 3.8) is 0 Å². The number of ether oxygens (including phenoxy) is 1. The Morgan fingerprint density at radius 2 is 1.67 bits per heavy atom. The van der Waals surface area contributed by atoms with Crippen molar-refractivity contribution in [1.82, 2.24) is 0 Å². The zero-order chi connectivity index (χ0) is 12.5. The highest BCUT2D eigenvalue weighted by Gasteiger charge is 2.23. The Balaban J connectivity index is 1.84. The third kappa shape index (κ3) is 2.30. The first kappa shape index (κ1) is 11.1. The maximum absolute atomic E-state index is 13.4. The van der Waals surface area contributed by atoms with E-state index in [-0.39, 0.29) is 11.5 Å². The van der Waals surface area contributed by atoms with Crippen LogP contribution in [0.2, 0.25) is 0 Å². The first-order valence-corrected chi connectivity index (χ1v) is 6.04. The first-order chi connectivity index (χ1) is 8.72. The summed E-state index contributed by atoms with van der Waals surface area (Å²) in [7, 11) is 0. The molecule has 0 spiro atoms. The van der Waals surface area contributed by atoms with E-state index >= 15 is 0 Å². The minimum absolute atomic E-state index is 0.174. The van der Waals surface area contributed by atoms with Crippen LogP contribution in [0.5, 0.6) is 5.75 Å². The second-order valence-electron chi connectivity index (χ2n) is 4.58. The van der Waals surface area contributed by atoms with Crippen LogP contribution in [0, 0.1) is 5.82 Å². The highest BCUT2D eigenvalue weighted by atomic mass is 19.1. The fraction of sp³-hybridized carbons (Fsp3) is 0.200. The first-order valence-electron chi connectivity index (χ1n) is 6.04. The lowest BCUT2D eigenvalue weighted by atomic mass is 10.1. The number of hydrogen-bond acceptors (Lipinski definition) is 2. The molecule has 0 amide bonds. The number of anilines is 1. The van der Waals surface area contributed by atoms with Gasteiger partial charge in [0.15, 0.2) is 0 Å². The Labute approximate surface area is 105 Å². The summed E-state index contributed by atoms with van der Waals surface area (Å²) >= 11 is 0. The molecule has 2 aromatic carbocycles. The summed E-state index contributed by atoms with van der Waals surface area (Å²) in [5.41, 5.74) is 7.41. The van der Waals surface area contributed by atoms with E-state index in [9.17, 15) is 4.39 Å². The molecule has 1 saturated carbocycles. The Bertz CT molecular complexity index is 561. The second-order valence-corrected chi connectivity index (χ2v) is 4.58. The van der Waals surface area contributed by atoms with Gasteiger partial charge in [-0.3, -0.25) is 0 Å². The molecule has 0 saturated heterocycles. The third-order valence-corrected chi connectivity index (χ3v) is 3.02. The Kier molecular flexibility index (Phi) is 2.67. The lowest BCUT2D eigenvalue weighted by Crippen LogP contribution is -1.95. The monoisotopic (exact) mass is 243 g/mol. The van der Waals surface area contributed by atoms with Gasteiger partial charge >= 0.3 is 0 Å². The number of nitrogen functional groups attached to an aromatic ring is 1. The SMILES string of the molecule is Nc1ccc(-c2ccc(OC3CC3)cc2)cc1F. The molecule has 0 aromatic heterocycles. The van der Waals surface area contributed by atoms with E-state index in [0.29, 0.717) is 6.10 Å². The fourth-order valence-electron chi connectivity index (χ4n) is 1.81. The summed E-state index contributed by atoms with van der Waals surface area (Å²) in [4.78, 5) is 0. The fourth-order valence-corrected chi connectivity index (χ4v) is 1.81. The third-order valence-electron chi connectivity index (χ3n) is 3.02. The highest BCUT2D eigenvalue weighted by molar-refractivity contribution is 5.66. The van der Waals surface area contributed by atoms with E-state index in [4.69, 9.17) is 10.5 Å². The van der Waals surface area contributed by atoms with Crippen LogP contribution in [0.15, 0.2) is 42.5 Å². The predicted molar refractivity (Wildman–Crippen MR) is 69.9 cm³/mol. The van der Waals surface area contributed by atoms with Crippen LogP contribution in [0.3, 0.4) is 0 Å². The summed E-state index contributed by atoms with van der Waals surface area (Å²) in [6, 6.07) is 12.6. The van der Waals surface area contributed by atoms with Gasteiger partial charge in [-0.05, 0) is 48.2 Å². The Hall–Kier alpha value is -2.03. The molecule has 0 unspecified atom stereocenters. The van der Waals surface area contributed by atoms with Gasteiger partial charge in [-0.15, -0.1) is 0 Å². The minimum atomic E-state index is -0.384. The summed E-state index contributed by atoms with van der Waals surface area (Å²) in [6.07, 6.45) is 2.68. The maximum atomic E-state index is 13.4. The van der Waals surface area contributed by atoms with Crippen LogP contribution in [-0.4, -0.2) is 6.10 Å². The average molecular weight is 243 g/mol. The van der Waals surface area contributed by atoms with E-state index in [1.807, 2.05) is 30.3 Å². The zero-order valence-corrected chi connectivity index (χ0v) is 9.90. The molecular formula is C15H14FNO. The average Bonchev–Trinajstić information content (AvgIpc) is 3.18. The normalized spacial score (nSPS) is 14.5. The van der Waals surface area contributed by atoms with Gasteiger partial charge in [-0.1, -0.05) is 18.2 Å². The highest BCUT2D eigenvalue weighted by Crippen LogP contribution is 2.29. The lowest BCUT2D eigenvalue weighted by molar-refractivity contribution is 0.303. The molecule has 3 rings (SSSR count). The van der Waals surface area contributed by atoms with Crippen molar-refractivity contribution in [3.8, 4) is 16.9 Å². The van der Waals surface area contributed by atoms with Gasteiger partial charge in [0.2, 0.25) is 0 Å². The van der Waals surface area contributed by atoms with Crippen molar-refractivity contribution in [2.75, 3.05) is 5.73 Å². The molecule has 92 valence electrons. The molecular weight excluding hydrogens is 229 g/mol. The summed E-state index contributed by atoms with van der Waals surface area (Å²) in [6.45, 7) is 0. The predicted octanol–water partition coefficient (Wildman–Crippen LogP) is 3.62. The van der Waals surface area contributed by atoms with Crippen molar-refractivity contribution in [1.29, 1.82) is 0 Å². The molecule has 0 heterocycles. The van der Waals surface area contributed by atoms with Crippen molar-refractivity contribution in [3.05, 3.63) is 48.3 Å². The molecule has 3 heteroatoms. The van der Waals surface area contributed by atoms with Crippen LogP contribution >= 0.6 is 0 Å². The molecule has 0 radical (unpaired) electrons. The zero-order valence-electron chi connectivity index (χ0n) is 9.90. The van der Waals surface area contributed by atoms with Crippen molar-refractivity contribution in [2.45, 2.75) is 18.9 Å². The van der Waals surface area contributed by atoms with Gasteiger partial charge < -0.3 is 10.5 Å². The molecule has 0 atom stereocenters. The van der Waals surface area contributed by atoms with Crippen LogP contribution in [0.25, 0.3) is 11.1 Å².